The van der Waals surface area contributed by atoms with Crippen molar-refractivity contribution in [2.24, 2.45) is 0 Å². The summed E-state index contributed by atoms with van der Waals surface area (Å²) >= 11 is 0. The third-order valence-electron chi connectivity index (χ3n) is 2.61. The highest BCUT2D eigenvalue weighted by Crippen LogP contribution is 2.23. The van der Waals surface area contributed by atoms with Crippen molar-refractivity contribution in [1.82, 2.24) is 19.6 Å². The number of nitrogens with two attached hydrogens (primary N) is 1. The molecule has 0 aliphatic rings. The first kappa shape index (κ1) is 9.89. The third-order valence-corrected chi connectivity index (χ3v) is 2.61. The highest BCUT2D eigenvalue weighted by Gasteiger charge is 2.13. The lowest BCUT2D eigenvalue weighted by Gasteiger charge is -2.07. The van der Waals surface area contributed by atoms with E-state index in [2.05, 4.69) is 28.9 Å². The van der Waals surface area contributed by atoms with Crippen LogP contribution < -0.4 is 5.73 Å². The smallest absolute Gasteiger partial charge is 0.224 e. The summed E-state index contributed by atoms with van der Waals surface area (Å²) < 4.78 is 1.58. The Kier molecular flexibility index (Phi) is 2.53. The Morgan fingerprint density at radius 3 is 3.00 bits per heavy atom. The fourth-order valence-electron chi connectivity index (χ4n) is 1.79. The van der Waals surface area contributed by atoms with E-state index in [1.54, 1.807) is 4.52 Å². The highest BCUT2D eigenvalue weighted by molar-refractivity contribution is 5.50. The van der Waals surface area contributed by atoms with Gasteiger partial charge in [-0.2, -0.15) is 9.61 Å². The van der Waals surface area contributed by atoms with Crippen LogP contribution in [0.1, 0.15) is 38.2 Å². The molecule has 0 aliphatic heterocycles. The topological polar surface area (TPSA) is 69.1 Å². The lowest BCUT2D eigenvalue weighted by Crippen LogP contribution is -2.03. The van der Waals surface area contributed by atoms with Crippen molar-refractivity contribution in [2.75, 3.05) is 5.73 Å². The molecule has 5 heteroatoms. The quantitative estimate of drug-likeness (QED) is 0.826. The molecule has 0 bridgehead atoms. The number of hydrogen-bond donors (Lipinski definition) is 1. The minimum absolute atomic E-state index is 0.384. The van der Waals surface area contributed by atoms with Crippen LogP contribution in [0, 0.1) is 0 Å². The van der Waals surface area contributed by atoms with Crippen molar-refractivity contribution >= 4 is 11.6 Å². The van der Waals surface area contributed by atoms with Crippen LogP contribution in [-0.4, -0.2) is 19.6 Å². The van der Waals surface area contributed by atoms with Crippen molar-refractivity contribution in [3.63, 3.8) is 0 Å². The second kappa shape index (κ2) is 3.84. The number of nitrogens with zero attached hydrogens (tertiary/aromatic N) is 4. The lowest BCUT2D eigenvalue weighted by molar-refractivity contribution is 0.667. The van der Waals surface area contributed by atoms with E-state index in [9.17, 15) is 0 Å². The maximum Gasteiger partial charge on any atom is 0.224 e. The van der Waals surface area contributed by atoms with E-state index in [-0.39, 0.29) is 0 Å². The Labute approximate surface area is 88.3 Å². The third kappa shape index (κ3) is 1.65. The van der Waals surface area contributed by atoms with Gasteiger partial charge in [-0.25, -0.2) is 9.97 Å². The van der Waals surface area contributed by atoms with Gasteiger partial charge in [0.15, 0.2) is 5.65 Å². The average molecular weight is 205 g/mol. The molecule has 0 aromatic carbocycles. The molecule has 2 aromatic rings. The van der Waals surface area contributed by atoms with Gasteiger partial charge in [-0.05, 0) is 12.3 Å². The van der Waals surface area contributed by atoms with Crippen molar-refractivity contribution in [1.29, 1.82) is 0 Å². The van der Waals surface area contributed by atoms with E-state index in [0.29, 0.717) is 11.9 Å². The van der Waals surface area contributed by atoms with E-state index in [0.717, 1.165) is 24.1 Å². The normalized spacial score (nSPS) is 13.2. The number of hydrogen-bond acceptors (Lipinski definition) is 4. The Bertz CT molecular complexity index is 462. The molecule has 0 spiro atoms. The van der Waals surface area contributed by atoms with E-state index < -0.39 is 0 Å². The molecular weight excluding hydrogens is 190 g/mol. The summed E-state index contributed by atoms with van der Waals surface area (Å²) in [5.74, 6) is 0.844. The van der Waals surface area contributed by atoms with E-state index in [1.807, 2.05) is 6.20 Å². The predicted octanol–water partition coefficient (Wildman–Crippen LogP) is 1.61. The fourth-order valence-corrected chi connectivity index (χ4v) is 1.79. The molecule has 15 heavy (non-hydrogen) atoms. The Hall–Kier alpha value is -1.65. The fraction of sp³-hybridized carbons (Fsp3) is 0.500. The summed E-state index contributed by atoms with van der Waals surface area (Å²) in [6.07, 6.45) is 5.60. The maximum atomic E-state index is 5.69. The van der Waals surface area contributed by atoms with Crippen molar-refractivity contribution < 1.29 is 0 Å². The summed E-state index contributed by atoms with van der Waals surface area (Å²) in [6, 6.07) is 0. The first-order chi connectivity index (χ1) is 7.24. The molecule has 0 amide bonds. The average Bonchev–Trinajstić information content (AvgIpc) is 2.63. The predicted molar refractivity (Wildman–Crippen MR) is 58.5 cm³/mol. The molecule has 2 aromatic heterocycles. The zero-order valence-corrected chi connectivity index (χ0v) is 9.01. The van der Waals surface area contributed by atoms with Crippen molar-refractivity contribution in [3.05, 3.63) is 18.1 Å². The zero-order valence-electron chi connectivity index (χ0n) is 9.01. The minimum atomic E-state index is 0.384. The molecule has 1 unspecified atom stereocenters. The summed E-state index contributed by atoms with van der Waals surface area (Å²) in [4.78, 5) is 8.11. The van der Waals surface area contributed by atoms with Gasteiger partial charge < -0.3 is 5.73 Å². The number of anilines is 1. The van der Waals surface area contributed by atoms with E-state index in [4.69, 9.17) is 5.73 Å². The zero-order chi connectivity index (χ0) is 10.8. The van der Waals surface area contributed by atoms with Gasteiger partial charge in [0.2, 0.25) is 5.95 Å². The second-order valence-corrected chi connectivity index (χ2v) is 3.76. The summed E-state index contributed by atoms with van der Waals surface area (Å²) in [6.45, 7) is 4.35. The molecule has 1 atom stereocenters. The van der Waals surface area contributed by atoms with E-state index in [1.165, 1.54) is 6.33 Å². The first-order valence-electron chi connectivity index (χ1n) is 5.18. The molecule has 0 saturated heterocycles. The van der Waals surface area contributed by atoms with Crippen LogP contribution in [0.2, 0.25) is 0 Å². The van der Waals surface area contributed by atoms with Crippen LogP contribution in [0.4, 0.5) is 5.95 Å². The summed E-state index contributed by atoms with van der Waals surface area (Å²) in [5.41, 5.74) is 7.66. The van der Waals surface area contributed by atoms with Gasteiger partial charge in [0, 0.05) is 5.56 Å². The number of fused-ring (bicyclic) bond motifs is 1. The van der Waals surface area contributed by atoms with Gasteiger partial charge >= 0.3 is 0 Å². The Balaban J connectivity index is 2.49. The van der Waals surface area contributed by atoms with Crippen LogP contribution in [-0.2, 0) is 0 Å². The Morgan fingerprint density at radius 2 is 2.27 bits per heavy atom. The molecule has 0 fully saturated rings. The van der Waals surface area contributed by atoms with Gasteiger partial charge in [0.05, 0.1) is 6.20 Å². The van der Waals surface area contributed by atoms with Gasteiger partial charge in [0.25, 0.3) is 0 Å². The van der Waals surface area contributed by atoms with Crippen molar-refractivity contribution in [2.45, 2.75) is 32.6 Å². The van der Waals surface area contributed by atoms with Gasteiger partial charge in [-0.3, -0.25) is 0 Å². The number of nitrogen functional groups attached to an aromatic ring is 1. The molecule has 0 saturated carbocycles. The minimum Gasteiger partial charge on any atom is -0.368 e. The molecular formula is C10H15N5. The second-order valence-electron chi connectivity index (χ2n) is 3.76. The number of rotatable bonds is 3. The lowest BCUT2D eigenvalue weighted by atomic mass is 9.99. The van der Waals surface area contributed by atoms with Gasteiger partial charge in [0.1, 0.15) is 6.33 Å². The van der Waals surface area contributed by atoms with Crippen LogP contribution in [0.25, 0.3) is 5.65 Å². The largest absolute Gasteiger partial charge is 0.368 e. The van der Waals surface area contributed by atoms with Gasteiger partial charge in [-0.1, -0.05) is 20.3 Å². The van der Waals surface area contributed by atoms with E-state index >= 15 is 0 Å². The molecule has 2 rings (SSSR count). The standard InChI is InChI=1S/C10H15N5/c1-3-4-7(2)8-5-14-15-9(8)12-6-13-10(15)11/h5-7H,3-4H2,1-2H3,(H2,11,12,13). The first-order valence-corrected chi connectivity index (χ1v) is 5.18. The summed E-state index contributed by atoms with van der Waals surface area (Å²) in [5, 5.41) is 4.19. The molecule has 0 aliphatic carbocycles. The molecule has 0 radical (unpaired) electrons. The van der Waals surface area contributed by atoms with Crippen LogP contribution in [0.3, 0.4) is 0 Å². The highest BCUT2D eigenvalue weighted by atomic mass is 15.3. The molecule has 5 nitrogen and oxygen atoms in total. The molecule has 2 N–H and O–H groups in total. The molecule has 2 heterocycles. The van der Waals surface area contributed by atoms with Gasteiger partial charge in [-0.15, -0.1) is 0 Å². The maximum absolute atomic E-state index is 5.69. The van der Waals surface area contributed by atoms with Crippen LogP contribution >= 0.6 is 0 Å². The summed E-state index contributed by atoms with van der Waals surface area (Å²) in [7, 11) is 0. The van der Waals surface area contributed by atoms with Crippen molar-refractivity contribution in [3.8, 4) is 0 Å². The monoisotopic (exact) mass is 205 g/mol. The van der Waals surface area contributed by atoms with Crippen LogP contribution in [0.5, 0.6) is 0 Å². The Morgan fingerprint density at radius 1 is 1.47 bits per heavy atom. The number of aromatic nitrogens is 4. The SMILES string of the molecule is CCCC(C)c1cnn2c(N)ncnc12. The molecule has 80 valence electrons. The van der Waals surface area contributed by atoms with Crippen LogP contribution in [0.15, 0.2) is 12.5 Å².